The highest BCUT2D eigenvalue weighted by Gasteiger charge is 2.34. The minimum atomic E-state index is 0.105. The molecule has 0 nitrogen and oxygen atoms in total. The summed E-state index contributed by atoms with van der Waals surface area (Å²) >= 11 is 0. The molecule has 4 atom stereocenters. The van der Waals surface area contributed by atoms with Crippen LogP contribution in [-0.4, -0.2) is 18.0 Å². The average molecular weight is 244 g/mol. The third kappa shape index (κ3) is 4.36. The number of hydrogen-bond acceptors (Lipinski definition) is 0. The molecule has 0 saturated carbocycles. The van der Waals surface area contributed by atoms with Gasteiger partial charge in [-0.25, -0.2) is 0 Å². The quantitative estimate of drug-likeness (QED) is 0.567. The van der Waals surface area contributed by atoms with Gasteiger partial charge in [-0.15, -0.1) is 7.92 Å². The van der Waals surface area contributed by atoms with E-state index in [0.717, 1.165) is 17.2 Å². The van der Waals surface area contributed by atoms with E-state index in [4.69, 9.17) is 0 Å². The fourth-order valence-electron chi connectivity index (χ4n) is 2.04. The molecule has 0 aromatic heterocycles. The van der Waals surface area contributed by atoms with Gasteiger partial charge < -0.3 is 0 Å². The zero-order valence-corrected chi connectivity index (χ0v) is 14.1. The molecule has 0 aromatic carbocycles. The minimum absolute atomic E-state index is 0.105. The molecule has 0 amide bonds. The molecule has 0 rings (SSSR count). The summed E-state index contributed by atoms with van der Waals surface area (Å²) in [5.41, 5.74) is 2.58. The maximum absolute atomic E-state index is 2.50. The lowest BCUT2D eigenvalue weighted by Gasteiger charge is -2.42. The summed E-state index contributed by atoms with van der Waals surface area (Å²) < 4.78 is 0. The molecular formula is C15H33P. The van der Waals surface area contributed by atoms with Crippen LogP contribution in [0.1, 0.15) is 62.3 Å². The van der Waals surface area contributed by atoms with E-state index in [1.165, 1.54) is 0 Å². The van der Waals surface area contributed by atoms with Crippen molar-refractivity contribution in [1.82, 2.24) is 0 Å². The van der Waals surface area contributed by atoms with Crippen molar-refractivity contribution in [3.63, 3.8) is 0 Å². The highest BCUT2D eigenvalue weighted by Crippen LogP contribution is 2.54. The van der Waals surface area contributed by atoms with Crippen LogP contribution in [0.4, 0.5) is 0 Å². The van der Waals surface area contributed by atoms with Gasteiger partial charge in [0.1, 0.15) is 0 Å². The van der Waals surface area contributed by atoms with Crippen LogP contribution >= 0.6 is 7.92 Å². The van der Waals surface area contributed by atoms with Crippen molar-refractivity contribution < 1.29 is 0 Å². The lowest BCUT2D eigenvalue weighted by molar-refractivity contribution is 0.257. The molecule has 0 aromatic rings. The molecule has 0 heterocycles. The molecule has 0 radical (unpaired) electrons. The van der Waals surface area contributed by atoms with Crippen molar-refractivity contribution in [3.8, 4) is 0 Å². The first-order valence-electron chi connectivity index (χ1n) is 6.61. The molecule has 0 aliphatic carbocycles. The SMILES string of the molecule is CC(C(C)C(C)(C)C)P(C)C(C)C(C)(C)C. The van der Waals surface area contributed by atoms with Crippen LogP contribution in [0.5, 0.6) is 0 Å². The van der Waals surface area contributed by atoms with E-state index in [2.05, 4.69) is 69.0 Å². The first-order chi connectivity index (χ1) is 6.89. The van der Waals surface area contributed by atoms with Gasteiger partial charge >= 0.3 is 0 Å². The summed E-state index contributed by atoms with van der Waals surface area (Å²) in [6.07, 6.45) is 0. The Balaban J connectivity index is 4.68. The molecule has 0 N–H and O–H groups in total. The Morgan fingerprint density at radius 3 is 1.38 bits per heavy atom. The maximum Gasteiger partial charge on any atom is -0.0189 e. The molecular weight excluding hydrogens is 211 g/mol. The van der Waals surface area contributed by atoms with Gasteiger partial charge in [0, 0.05) is 0 Å². The van der Waals surface area contributed by atoms with Crippen molar-refractivity contribution in [2.24, 2.45) is 16.7 Å². The topological polar surface area (TPSA) is 0 Å². The van der Waals surface area contributed by atoms with E-state index < -0.39 is 0 Å². The van der Waals surface area contributed by atoms with Crippen LogP contribution in [0.15, 0.2) is 0 Å². The second-order valence-electron chi connectivity index (χ2n) is 7.60. The summed E-state index contributed by atoms with van der Waals surface area (Å²) in [6, 6.07) is 0. The molecule has 0 saturated heterocycles. The smallest absolute Gasteiger partial charge is 0.0189 e. The molecule has 4 unspecified atom stereocenters. The van der Waals surface area contributed by atoms with Gasteiger partial charge in [-0.3, -0.25) is 0 Å². The standard InChI is InChI=1S/C15H33P/c1-11(14(4,5)6)12(2)16(10)13(3)15(7,8)9/h11-13H,1-10H3. The van der Waals surface area contributed by atoms with E-state index in [1.807, 2.05) is 0 Å². The molecule has 1 heteroatoms. The van der Waals surface area contributed by atoms with Gasteiger partial charge in [-0.2, -0.15) is 0 Å². The second kappa shape index (κ2) is 5.38. The summed E-state index contributed by atoms with van der Waals surface area (Å²) in [5.74, 6) is 0.799. The molecule has 0 bridgehead atoms. The fourth-order valence-corrected chi connectivity index (χ4v) is 5.12. The Labute approximate surface area is 105 Å². The fraction of sp³-hybridized carbons (Fsp3) is 1.00. The van der Waals surface area contributed by atoms with Crippen LogP contribution in [0.3, 0.4) is 0 Å². The summed E-state index contributed by atoms with van der Waals surface area (Å²) in [4.78, 5) is 0. The Kier molecular flexibility index (Phi) is 5.53. The molecule has 0 spiro atoms. The average Bonchev–Trinajstić information content (AvgIpc) is 2.10. The third-order valence-electron chi connectivity index (χ3n) is 4.60. The third-order valence-corrected chi connectivity index (χ3v) is 8.32. The van der Waals surface area contributed by atoms with Crippen LogP contribution in [0, 0.1) is 16.7 Å². The molecule has 0 aliphatic rings. The summed E-state index contributed by atoms with van der Waals surface area (Å²) in [7, 11) is 0.105. The zero-order valence-electron chi connectivity index (χ0n) is 13.2. The van der Waals surface area contributed by atoms with E-state index in [-0.39, 0.29) is 7.92 Å². The van der Waals surface area contributed by atoms with Crippen LogP contribution < -0.4 is 0 Å². The Morgan fingerprint density at radius 1 is 0.750 bits per heavy atom. The Hall–Kier alpha value is 0.430. The highest BCUT2D eigenvalue weighted by atomic mass is 31.1. The van der Waals surface area contributed by atoms with Crippen LogP contribution in [0.25, 0.3) is 0 Å². The predicted molar refractivity (Wildman–Crippen MR) is 79.8 cm³/mol. The Morgan fingerprint density at radius 2 is 1.12 bits per heavy atom. The summed E-state index contributed by atoms with van der Waals surface area (Å²) in [6.45, 7) is 24.1. The van der Waals surface area contributed by atoms with Crippen molar-refractivity contribution >= 4 is 7.92 Å². The van der Waals surface area contributed by atoms with E-state index in [9.17, 15) is 0 Å². The monoisotopic (exact) mass is 244 g/mol. The van der Waals surface area contributed by atoms with E-state index in [1.54, 1.807) is 0 Å². The second-order valence-corrected chi connectivity index (χ2v) is 10.5. The van der Waals surface area contributed by atoms with Gasteiger partial charge in [-0.05, 0) is 34.7 Å². The van der Waals surface area contributed by atoms with Crippen molar-refractivity contribution in [3.05, 3.63) is 0 Å². The minimum Gasteiger partial charge on any atom is -0.103 e. The molecule has 0 aliphatic heterocycles. The number of rotatable bonds is 3. The normalized spacial score (nSPS) is 21.4. The van der Waals surface area contributed by atoms with Crippen LogP contribution in [-0.2, 0) is 0 Å². The van der Waals surface area contributed by atoms with Gasteiger partial charge in [-0.1, -0.05) is 62.3 Å². The van der Waals surface area contributed by atoms with Crippen LogP contribution in [0.2, 0.25) is 0 Å². The van der Waals surface area contributed by atoms with Crippen molar-refractivity contribution in [2.75, 3.05) is 6.66 Å². The molecule has 98 valence electrons. The van der Waals surface area contributed by atoms with Gasteiger partial charge in [0.2, 0.25) is 0 Å². The lowest BCUT2D eigenvalue weighted by atomic mass is 9.80. The Bertz CT molecular complexity index is 182. The first kappa shape index (κ1) is 16.4. The van der Waals surface area contributed by atoms with Gasteiger partial charge in [0.05, 0.1) is 0 Å². The largest absolute Gasteiger partial charge is 0.103 e. The molecule has 0 fully saturated rings. The van der Waals surface area contributed by atoms with Gasteiger partial charge in [0.15, 0.2) is 0 Å². The van der Waals surface area contributed by atoms with Gasteiger partial charge in [0.25, 0.3) is 0 Å². The zero-order chi connectivity index (χ0) is 13.3. The predicted octanol–water partition coefficient (Wildman–Crippen LogP) is 5.60. The maximum atomic E-state index is 2.50. The lowest BCUT2D eigenvalue weighted by Crippen LogP contribution is -2.31. The van der Waals surface area contributed by atoms with Crippen molar-refractivity contribution in [1.29, 1.82) is 0 Å². The van der Waals surface area contributed by atoms with E-state index in [0.29, 0.717) is 10.8 Å². The number of hydrogen-bond donors (Lipinski definition) is 0. The summed E-state index contributed by atoms with van der Waals surface area (Å²) in [5, 5.41) is 0. The highest BCUT2D eigenvalue weighted by molar-refractivity contribution is 7.58. The van der Waals surface area contributed by atoms with Crippen molar-refractivity contribution in [2.45, 2.75) is 73.6 Å². The van der Waals surface area contributed by atoms with E-state index >= 15 is 0 Å². The molecule has 16 heavy (non-hydrogen) atoms. The first-order valence-corrected chi connectivity index (χ1v) is 8.53.